The number of nitrogens with zero attached hydrogens (tertiary/aromatic N) is 2. The van der Waals surface area contributed by atoms with Crippen LogP contribution in [-0.2, 0) is 11.3 Å². The van der Waals surface area contributed by atoms with Crippen LogP contribution in [0.15, 0.2) is 77.3 Å². The number of hydrogen-bond acceptors (Lipinski definition) is 4. The first-order valence-electron chi connectivity index (χ1n) is 11.3. The first kappa shape index (κ1) is 24.7. The molecule has 1 heterocycles. The maximum Gasteiger partial charge on any atom is 0.253 e. The maximum absolute atomic E-state index is 12.9. The number of rotatable bonds is 8. The summed E-state index contributed by atoms with van der Waals surface area (Å²) in [6, 6.07) is 23.3. The van der Waals surface area contributed by atoms with Crippen molar-refractivity contribution in [3.63, 3.8) is 0 Å². The van der Waals surface area contributed by atoms with Gasteiger partial charge >= 0.3 is 0 Å². The molecule has 0 bridgehead atoms. The lowest BCUT2D eigenvalue weighted by Gasteiger charge is -2.36. The van der Waals surface area contributed by atoms with Crippen molar-refractivity contribution in [3.8, 4) is 5.75 Å². The number of halogens is 2. The first-order chi connectivity index (χ1) is 16.5. The van der Waals surface area contributed by atoms with E-state index >= 15 is 0 Å². The van der Waals surface area contributed by atoms with Gasteiger partial charge in [0.15, 0.2) is 0 Å². The SMILES string of the molecule is COc1cccc([C@H](CN2CCN(C(=O)c3ccc(Br)cc3)CC2)OCc2cccc(Cl)c2)c1. The highest BCUT2D eigenvalue weighted by molar-refractivity contribution is 9.10. The number of hydrogen-bond donors (Lipinski definition) is 0. The molecule has 0 spiro atoms. The van der Waals surface area contributed by atoms with Crippen molar-refractivity contribution in [1.82, 2.24) is 9.80 Å². The van der Waals surface area contributed by atoms with Crippen molar-refractivity contribution >= 4 is 33.4 Å². The van der Waals surface area contributed by atoms with Crippen LogP contribution >= 0.6 is 27.5 Å². The second kappa shape index (κ2) is 11.8. The average molecular weight is 544 g/mol. The van der Waals surface area contributed by atoms with Gasteiger partial charge in [0, 0.05) is 47.8 Å². The third-order valence-corrected chi connectivity index (χ3v) is 6.74. The number of benzene rings is 3. The summed E-state index contributed by atoms with van der Waals surface area (Å²) < 4.78 is 12.8. The van der Waals surface area contributed by atoms with E-state index in [0.29, 0.717) is 24.7 Å². The Morgan fingerprint density at radius 2 is 1.74 bits per heavy atom. The molecule has 1 fully saturated rings. The fourth-order valence-corrected chi connectivity index (χ4v) is 4.54. The van der Waals surface area contributed by atoms with E-state index in [1.54, 1.807) is 7.11 Å². The standard InChI is InChI=1S/C27H28BrClN2O3/c1-33-25-7-3-5-22(17-25)26(34-19-20-4-2-6-24(29)16-20)18-30-12-14-31(15-13-30)27(32)21-8-10-23(28)11-9-21/h2-11,16-17,26H,12-15,18-19H2,1H3/t26-/m0/s1. The molecule has 5 nitrogen and oxygen atoms in total. The summed E-state index contributed by atoms with van der Waals surface area (Å²) in [7, 11) is 1.67. The highest BCUT2D eigenvalue weighted by Gasteiger charge is 2.25. The molecule has 178 valence electrons. The molecule has 7 heteroatoms. The van der Waals surface area contributed by atoms with Crippen LogP contribution < -0.4 is 4.74 Å². The zero-order valence-corrected chi connectivity index (χ0v) is 21.5. The number of carbonyl (C=O) groups is 1. The minimum absolute atomic E-state index is 0.0775. The predicted molar refractivity (Wildman–Crippen MR) is 138 cm³/mol. The van der Waals surface area contributed by atoms with Crippen molar-refractivity contribution in [2.75, 3.05) is 39.8 Å². The molecule has 3 aromatic rings. The van der Waals surface area contributed by atoms with Crippen LogP contribution in [0.4, 0.5) is 0 Å². The van der Waals surface area contributed by atoms with E-state index in [1.807, 2.05) is 71.6 Å². The number of methoxy groups -OCH3 is 1. The number of piperazine rings is 1. The molecule has 0 saturated carbocycles. The Morgan fingerprint density at radius 1 is 1.00 bits per heavy atom. The lowest BCUT2D eigenvalue weighted by molar-refractivity contribution is 0.00333. The Hall–Kier alpha value is -2.38. The van der Waals surface area contributed by atoms with Gasteiger partial charge in [0.25, 0.3) is 5.91 Å². The summed E-state index contributed by atoms with van der Waals surface area (Å²) in [5.74, 6) is 0.882. The molecule has 1 amide bonds. The van der Waals surface area contributed by atoms with Crippen molar-refractivity contribution in [3.05, 3.63) is 99.0 Å². The highest BCUT2D eigenvalue weighted by atomic mass is 79.9. The van der Waals surface area contributed by atoms with Crippen LogP contribution in [0, 0.1) is 0 Å². The predicted octanol–water partition coefficient (Wildman–Crippen LogP) is 5.83. The van der Waals surface area contributed by atoms with Gasteiger partial charge in [-0.2, -0.15) is 0 Å². The Labute approximate surface area is 214 Å². The van der Waals surface area contributed by atoms with Gasteiger partial charge in [-0.15, -0.1) is 0 Å². The molecule has 3 aromatic carbocycles. The van der Waals surface area contributed by atoms with Gasteiger partial charge in [-0.05, 0) is 59.7 Å². The molecule has 1 saturated heterocycles. The van der Waals surface area contributed by atoms with Gasteiger partial charge in [-0.25, -0.2) is 0 Å². The lowest BCUT2D eigenvalue weighted by atomic mass is 10.1. The van der Waals surface area contributed by atoms with Crippen LogP contribution in [0.2, 0.25) is 5.02 Å². The Kier molecular flexibility index (Phi) is 8.62. The van der Waals surface area contributed by atoms with Crippen molar-refractivity contribution in [2.45, 2.75) is 12.7 Å². The zero-order valence-electron chi connectivity index (χ0n) is 19.1. The number of amides is 1. The van der Waals surface area contributed by atoms with Crippen LogP contribution in [-0.4, -0.2) is 55.5 Å². The van der Waals surface area contributed by atoms with Crippen LogP contribution in [0.3, 0.4) is 0 Å². The highest BCUT2D eigenvalue weighted by Crippen LogP contribution is 2.26. The van der Waals surface area contributed by atoms with Gasteiger partial charge in [0.1, 0.15) is 5.75 Å². The van der Waals surface area contributed by atoms with Crippen LogP contribution in [0.1, 0.15) is 27.6 Å². The Balaban J connectivity index is 1.40. The molecular weight excluding hydrogens is 516 g/mol. The number of carbonyl (C=O) groups excluding carboxylic acids is 1. The smallest absolute Gasteiger partial charge is 0.253 e. The van der Waals surface area contributed by atoms with Gasteiger partial charge in [-0.3, -0.25) is 9.69 Å². The minimum atomic E-state index is -0.136. The van der Waals surface area contributed by atoms with Gasteiger partial charge in [0.2, 0.25) is 0 Å². The van der Waals surface area contributed by atoms with Crippen LogP contribution in [0.5, 0.6) is 5.75 Å². The van der Waals surface area contributed by atoms with Gasteiger partial charge in [-0.1, -0.05) is 51.8 Å². The molecule has 0 unspecified atom stereocenters. The van der Waals surface area contributed by atoms with Crippen molar-refractivity contribution in [2.24, 2.45) is 0 Å². The van der Waals surface area contributed by atoms with E-state index in [2.05, 4.69) is 26.9 Å². The van der Waals surface area contributed by atoms with E-state index in [4.69, 9.17) is 21.1 Å². The molecule has 1 atom stereocenters. The average Bonchev–Trinajstić information content (AvgIpc) is 2.87. The molecule has 1 aliphatic rings. The maximum atomic E-state index is 12.9. The second-order valence-electron chi connectivity index (χ2n) is 8.31. The summed E-state index contributed by atoms with van der Waals surface area (Å²) in [5, 5.41) is 0.700. The summed E-state index contributed by atoms with van der Waals surface area (Å²) in [6.07, 6.45) is -0.136. The van der Waals surface area contributed by atoms with Crippen molar-refractivity contribution in [1.29, 1.82) is 0 Å². The van der Waals surface area contributed by atoms with Crippen LogP contribution in [0.25, 0.3) is 0 Å². The molecule has 0 aromatic heterocycles. The molecular formula is C27H28BrClN2O3. The summed E-state index contributed by atoms with van der Waals surface area (Å²) in [4.78, 5) is 17.1. The monoisotopic (exact) mass is 542 g/mol. The fraction of sp³-hybridized carbons (Fsp3) is 0.296. The zero-order chi connectivity index (χ0) is 23.9. The van der Waals surface area contributed by atoms with Gasteiger partial charge in [0.05, 0.1) is 19.8 Å². The van der Waals surface area contributed by atoms with E-state index in [9.17, 15) is 4.79 Å². The third kappa shape index (κ3) is 6.60. The normalized spacial score (nSPS) is 15.2. The van der Waals surface area contributed by atoms with E-state index in [1.165, 1.54) is 0 Å². The molecule has 1 aliphatic heterocycles. The summed E-state index contributed by atoms with van der Waals surface area (Å²) >= 11 is 9.57. The first-order valence-corrected chi connectivity index (χ1v) is 12.5. The molecule has 4 rings (SSSR count). The Bertz CT molecular complexity index is 1100. The minimum Gasteiger partial charge on any atom is -0.497 e. The van der Waals surface area contributed by atoms with E-state index in [-0.39, 0.29) is 12.0 Å². The molecule has 0 radical (unpaired) electrons. The summed E-state index contributed by atoms with van der Waals surface area (Å²) in [6.45, 7) is 4.16. The van der Waals surface area contributed by atoms with Crippen molar-refractivity contribution < 1.29 is 14.3 Å². The number of ether oxygens (including phenoxy) is 2. The Morgan fingerprint density at radius 3 is 2.44 bits per heavy atom. The molecule has 0 aliphatic carbocycles. The second-order valence-corrected chi connectivity index (χ2v) is 9.66. The quantitative estimate of drug-likeness (QED) is 0.359. The summed E-state index contributed by atoms with van der Waals surface area (Å²) in [5.41, 5.74) is 2.82. The fourth-order valence-electron chi connectivity index (χ4n) is 4.06. The van der Waals surface area contributed by atoms with Gasteiger partial charge < -0.3 is 14.4 Å². The molecule has 34 heavy (non-hydrogen) atoms. The lowest BCUT2D eigenvalue weighted by Crippen LogP contribution is -2.49. The third-order valence-electron chi connectivity index (χ3n) is 5.98. The molecule has 0 N–H and O–H groups in total. The van der Waals surface area contributed by atoms with E-state index in [0.717, 1.165) is 46.5 Å². The topological polar surface area (TPSA) is 42.0 Å². The van der Waals surface area contributed by atoms with E-state index < -0.39 is 0 Å². The largest absolute Gasteiger partial charge is 0.497 e.